The third kappa shape index (κ3) is 4.11. The van der Waals surface area contributed by atoms with Crippen LogP contribution in [0.3, 0.4) is 0 Å². The van der Waals surface area contributed by atoms with Gasteiger partial charge in [0.05, 0.1) is 23.9 Å². The zero-order chi connectivity index (χ0) is 19.6. The topological polar surface area (TPSA) is 77.2 Å². The largest absolute Gasteiger partial charge is 0.495 e. The Kier molecular flexibility index (Phi) is 5.19. The highest BCUT2D eigenvalue weighted by atomic mass is 35.5. The van der Waals surface area contributed by atoms with Gasteiger partial charge in [0.15, 0.2) is 5.82 Å². The van der Waals surface area contributed by atoms with Gasteiger partial charge in [0.2, 0.25) is 0 Å². The van der Waals surface area contributed by atoms with Gasteiger partial charge in [-0.2, -0.15) is 4.98 Å². The molecule has 1 amide bonds. The van der Waals surface area contributed by atoms with Crippen LogP contribution in [0, 0.1) is 0 Å². The number of amides is 1. The average Bonchev–Trinajstić information content (AvgIpc) is 3.12. The summed E-state index contributed by atoms with van der Waals surface area (Å²) in [5, 5.41) is 7.35. The highest BCUT2D eigenvalue weighted by Gasteiger charge is 2.24. The van der Waals surface area contributed by atoms with Crippen LogP contribution in [-0.2, 0) is 5.41 Å². The number of benzene rings is 2. The number of carbonyl (C=O) groups is 1. The lowest BCUT2D eigenvalue weighted by Gasteiger charge is -2.12. The van der Waals surface area contributed by atoms with Gasteiger partial charge in [-0.1, -0.05) is 49.7 Å². The molecule has 0 unspecified atom stereocenters. The fraction of sp³-hybridized carbons (Fsp3) is 0.250. The summed E-state index contributed by atoms with van der Waals surface area (Å²) in [7, 11) is 1.53. The van der Waals surface area contributed by atoms with Crippen LogP contribution in [-0.4, -0.2) is 23.2 Å². The van der Waals surface area contributed by atoms with E-state index in [0.717, 1.165) is 0 Å². The number of ether oxygens (including phenoxy) is 1. The Bertz CT molecular complexity index is 977. The zero-order valence-corrected chi connectivity index (χ0v) is 16.3. The Hall–Kier alpha value is -2.86. The number of hydrogen-bond donors (Lipinski definition) is 1. The SMILES string of the molecule is COc1ccc(Cl)cc1NC(=O)c1ccccc1-c1nc(C(C)(C)C)no1. The van der Waals surface area contributed by atoms with E-state index in [9.17, 15) is 4.79 Å². The van der Waals surface area contributed by atoms with Gasteiger partial charge in [-0.15, -0.1) is 0 Å². The van der Waals surface area contributed by atoms with Gasteiger partial charge in [-0.3, -0.25) is 4.79 Å². The van der Waals surface area contributed by atoms with Crippen molar-refractivity contribution in [3.05, 3.63) is 58.9 Å². The summed E-state index contributed by atoms with van der Waals surface area (Å²) in [6, 6.07) is 12.1. The molecule has 0 fully saturated rings. The summed E-state index contributed by atoms with van der Waals surface area (Å²) in [6.07, 6.45) is 0. The molecule has 0 saturated carbocycles. The monoisotopic (exact) mass is 385 g/mol. The second-order valence-electron chi connectivity index (χ2n) is 7.02. The molecule has 6 nitrogen and oxygen atoms in total. The van der Waals surface area contributed by atoms with Crippen LogP contribution in [0.25, 0.3) is 11.5 Å². The molecule has 3 rings (SSSR count). The maximum absolute atomic E-state index is 12.9. The third-order valence-corrected chi connectivity index (χ3v) is 4.14. The molecular formula is C20H20ClN3O3. The highest BCUT2D eigenvalue weighted by Crippen LogP contribution is 2.30. The van der Waals surface area contributed by atoms with Gasteiger partial charge in [0.1, 0.15) is 5.75 Å². The highest BCUT2D eigenvalue weighted by molar-refractivity contribution is 6.31. The van der Waals surface area contributed by atoms with Crippen molar-refractivity contribution in [2.75, 3.05) is 12.4 Å². The molecule has 7 heteroatoms. The Labute approximate surface area is 162 Å². The summed E-state index contributed by atoms with van der Waals surface area (Å²) in [5.74, 6) is 1.05. The summed E-state index contributed by atoms with van der Waals surface area (Å²) < 4.78 is 10.7. The van der Waals surface area contributed by atoms with E-state index in [1.807, 2.05) is 26.8 Å². The average molecular weight is 386 g/mol. The predicted octanol–water partition coefficient (Wildman–Crippen LogP) is 4.95. The summed E-state index contributed by atoms with van der Waals surface area (Å²) in [6.45, 7) is 5.98. The van der Waals surface area contributed by atoms with E-state index in [1.54, 1.807) is 36.4 Å². The van der Waals surface area contributed by atoms with E-state index < -0.39 is 0 Å². The Morgan fingerprint density at radius 2 is 1.93 bits per heavy atom. The van der Waals surface area contributed by atoms with E-state index in [1.165, 1.54) is 7.11 Å². The number of rotatable bonds is 4. The lowest BCUT2D eigenvalue weighted by molar-refractivity contribution is 0.102. The molecule has 2 aromatic carbocycles. The van der Waals surface area contributed by atoms with Crippen molar-refractivity contribution in [1.82, 2.24) is 10.1 Å². The van der Waals surface area contributed by atoms with Crippen molar-refractivity contribution in [1.29, 1.82) is 0 Å². The second kappa shape index (κ2) is 7.40. The zero-order valence-electron chi connectivity index (χ0n) is 15.5. The van der Waals surface area contributed by atoms with Gasteiger partial charge in [0.25, 0.3) is 11.8 Å². The maximum atomic E-state index is 12.9. The predicted molar refractivity (Wildman–Crippen MR) is 104 cm³/mol. The molecule has 0 radical (unpaired) electrons. The molecule has 1 heterocycles. The van der Waals surface area contributed by atoms with Crippen LogP contribution in [0.2, 0.25) is 5.02 Å². The summed E-state index contributed by atoms with van der Waals surface area (Å²) in [4.78, 5) is 17.3. The van der Waals surface area contributed by atoms with Gasteiger partial charge < -0.3 is 14.6 Å². The first-order valence-electron chi connectivity index (χ1n) is 8.38. The van der Waals surface area contributed by atoms with E-state index in [-0.39, 0.29) is 11.3 Å². The second-order valence-corrected chi connectivity index (χ2v) is 7.45. The van der Waals surface area contributed by atoms with Crippen LogP contribution >= 0.6 is 11.6 Å². The number of aromatic nitrogens is 2. The maximum Gasteiger partial charge on any atom is 0.258 e. The first-order chi connectivity index (χ1) is 12.8. The van der Waals surface area contributed by atoms with Gasteiger partial charge in [-0.25, -0.2) is 0 Å². The van der Waals surface area contributed by atoms with Crippen molar-refractivity contribution in [2.24, 2.45) is 0 Å². The number of halogens is 1. The number of anilines is 1. The van der Waals surface area contributed by atoms with Crippen LogP contribution in [0.15, 0.2) is 47.0 Å². The molecular weight excluding hydrogens is 366 g/mol. The van der Waals surface area contributed by atoms with Crippen LogP contribution < -0.4 is 10.1 Å². The Morgan fingerprint density at radius 3 is 2.59 bits per heavy atom. The standard InChI is InChI=1S/C20H20ClN3O3/c1-20(2,3)19-23-18(27-24-19)14-8-6-5-7-13(14)17(25)22-15-11-12(21)9-10-16(15)26-4/h5-11H,1-4H3,(H,22,25). The Balaban J connectivity index is 1.96. The van der Waals surface area contributed by atoms with Crippen molar-refractivity contribution >= 4 is 23.2 Å². The van der Waals surface area contributed by atoms with Crippen LogP contribution in [0.1, 0.15) is 37.0 Å². The number of carbonyl (C=O) groups excluding carboxylic acids is 1. The first kappa shape index (κ1) is 18.9. The van der Waals surface area contributed by atoms with Gasteiger partial charge >= 0.3 is 0 Å². The molecule has 140 valence electrons. The molecule has 3 aromatic rings. The van der Waals surface area contributed by atoms with E-state index in [4.69, 9.17) is 20.9 Å². The van der Waals surface area contributed by atoms with Crippen molar-refractivity contribution in [3.8, 4) is 17.2 Å². The molecule has 0 aliphatic rings. The molecule has 0 aliphatic heterocycles. The summed E-state index contributed by atoms with van der Waals surface area (Å²) in [5.41, 5.74) is 1.18. The summed E-state index contributed by atoms with van der Waals surface area (Å²) >= 11 is 6.04. The van der Waals surface area contributed by atoms with E-state index >= 15 is 0 Å². The van der Waals surface area contributed by atoms with Crippen molar-refractivity contribution in [3.63, 3.8) is 0 Å². The number of nitrogens with one attached hydrogen (secondary N) is 1. The van der Waals surface area contributed by atoms with E-state index in [0.29, 0.717) is 39.3 Å². The quantitative estimate of drug-likeness (QED) is 0.687. The number of hydrogen-bond acceptors (Lipinski definition) is 5. The fourth-order valence-electron chi connectivity index (χ4n) is 2.47. The molecule has 0 aliphatic carbocycles. The van der Waals surface area contributed by atoms with Crippen molar-refractivity contribution < 1.29 is 14.1 Å². The minimum atomic E-state index is -0.332. The molecule has 0 saturated heterocycles. The molecule has 0 atom stereocenters. The number of nitrogens with zero attached hydrogens (tertiary/aromatic N) is 2. The number of methoxy groups -OCH3 is 1. The molecule has 1 aromatic heterocycles. The minimum absolute atomic E-state index is 0.257. The Morgan fingerprint density at radius 1 is 1.19 bits per heavy atom. The fourth-order valence-corrected chi connectivity index (χ4v) is 2.64. The molecule has 0 bridgehead atoms. The molecule has 0 spiro atoms. The van der Waals surface area contributed by atoms with Crippen molar-refractivity contribution in [2.45, 2.75) is 26.2 Å². The third-order valence-electron chi connectivity index (χ3n) is 3.91. The van der Waals surface area contributed by atoms with Crippen LogP contribution in [0.4, 0.5) is 5.69 Å². The van der Waals surface area contributed by atoms with Crippen LogP contribution in [0.5, 0.6) is 5.75 Å². The minimum Gasteiger partial charge on any atom is -0.495 e. The van der Waals surface area contributed by atoms with E-state index in [2.05, 4.69) is 15.5 Å². The smallest absolute Gasteiger partial charge is 0.258 e. The normalized spacial score (nSPS) is 11.3. The van der Waals surface area contributed by atoms with Gasteiger partial charge in [-0.05, 0) is 30.3 Å². The first-order valence-corrected chi connectivity index (χ1v) is 8.76. The lowest BCUT2D eigenvalue weighted by atomic mass is 9.96. The molecule has 27 heavy (non-hydrogen) atoms. The lowest BCUT2D eigenvalue weighted by Crippen LogP contribution is -2.14. The van der Waals surface area contributed by atoms with Gasteiger partial charge in [0, 0.05) is 10.4 Å². The molecule has 1 N–H and O–H groups in total.